The van der Waals surface area contributed by atoms with Crippen molar-refractivity contribution >= 4 is 12.0 Å². The molecule has 5 nitrogen and oxygen atoms in total. The highest BCUT2D eigenvalue weighted by molar-refractivity contribution is 5.80. The Morgan fingerprint density at radius 3 is 2.44 bits per heavy atom. The maximum Gasteiger partial charge on any atom is 0.323 e. The van der Waals surface area contributed by atoms with Gasteiger partial charge in [0, 0.05) is 13.1 Å². The monoisotopic (exact) mass is 250 g/mol. The SMILES string of the molecule is C#CCN(CC(=O)O)C(=O)N1CC2CCCC2C1. The number of terminal acetylenes is 1. The Morgan fingerprint density at radius 2 is 1.94 bits per heavy atom. The molecule has 2 amide bonds. The Morgan fingerprint density at radius 1 is 1.33 bits per heavy atom. The third-order valence-electron chi connectivity index (χ3n) is 3.88. The molecule has 0 aromatic rings. The van der Waals surface area contributed by atoms with E-state index in [1.165, 1.54) is 24.2 Å². The van der Waals surface area contributed by atoms with Crippen molar-refractivity contribution in [2.75, 3.05) is 26.2 Å². The van der Waals surface area contributed by atoms with Crippen molar-refractivity contribution in [3.63, 3.8) is 0 Å². The summed E-state index contributed by atoms with van der Waals surface area (Å²) in [5, 5.41) is 8.78. The lowest BCUT2D eigenvalue weighted by molar-refractivity contribution is -0.137. The number of carbonyl (C=O) groups excluding carboxylic acids is 1. The molecule has 0 aromatic heterocycles. The number of carbonyl (C=O) groups is 2. The summed E-state index contributed by atoms with van der Waals surface area (Å²) in [6.45, 7) is 1.24. The van der Waals surface area contributed by atoms with Crippen molar-refractivity contribution in [2.45, 2.75) is 19.3 Å². The van der Waals surface area contributed by atoms with Crippen molar-refractivity contribution in [3.8, 4) is 12.3 Å². The second kappa shape index (κ2) is 5.30. The molecule has 5 heteroatoms. The average Bonchev–Trinajstić information content (AvgIpc) is 2.86. The van der Waals surface area contributed by atoms with E-state index in [4.69, 9.17) is 11.5 Å². The van der Waals surface area contributed by atoms with Crippen molar-refractivity contribution in [1.29, 1.82) is 0 Å². The molecule has 2 atom stereocenters. The van der Waals surface area contributed by atoms with Crippen LogP contribution in [0.1, 0.15) is 19.3 Å². The molecule has 18 heavy (non-hydrogen) atoms. The van der Waals surface area contributed by atoms with Crippen LogP contribution < -0.4 is 0 Å². The third kappa shape index (κ3) is 2.58. The van der Waals surface area contributed by atoms with Gasteiger partial charge in [-0.3, -0.25) is 4.79 Å². The Hall–Kier alpha value is -1.70. The number of carboxylic acids is 1. The van der Waals surface area contributed by atoms with Gasteiger partial charge in [-0.05, 0) is 24.7 Å². The van der Waals surface area contributed by atoms with Crippen LogP contribution in [0.2, 0.25) is 0 Å². The fourth-order valence-corrected chi connectivity index (χ4v) is 3.06. The third-order valence-corrected chi connectivity index (χ3v) is 3.88. The van der Waals surface area contributed by atoms with E-state index in [1.54, 1.807) is 4.90 Å². The highest BCUT2D eigenvalue weighted by Gasteiger charge is 2.39. The molecule has 0 radical (unpaired) electrons. The highest BCUT2D eigenvalue weighted by Crippen LogP contribution is 2.37. The summed E-state index contributed by atoms with van der Waals surface area (Å²) in [6.07, 6.45) is 8.79. The molecule has 2 unspecified atom stereocenters. The molecule has 0 aromatic carbocycles. The van der Waals surface area contributed by atoms with Gasteiger partial charge < -0.3 is 14.9 Å². The molecule has 0 bridgehead atoms. The minimum absolute atomic E-state index is 0.0525. The summed E-state index contributed by atoms with van der Waals surface area (Å²) in [6, 6.07) is -0.232. The van der Waals surface area contributed by atoms with Crippen LogP contribution in [0.5, 0.6) is 0 Å². The molecular weight excluding hydrogens is 232 g/mol. The summed E-state index contributed by atoms with van der Waals surface area (Å²) >= 11 is 0. The smallest absolute Gasteiger partial charge is 0.323 e. The van der Waals surface area contributed by atoms with E-state index in [1.807, 2.05) is 0 Å². The van der Waals surface area contributed by atoms with Gasteiger partial charge in [-0.15, -0.1) is 6.42 Å². The molecule has 1 heterocycles. The van der Waals surface area contributed by atoms with Crippen LogP contribution in [0.4, 0.5) is 4.79 Å². The van der Waals surface area contributed by atoms with Crippen LogP contribution in [0.15, 0.2) is 0 Å². The normalized spacial score (nSPS) is 25.6. The van der Waals surface area contributed by atoms with Gasteiger partial charge in [0.2, 0.25) is 0 Å². The van der Waals surface area contributed by atoms with Gasteiger partial charge in [0.1, 0.15) is 6.54 Å². The van der Waals surface area contributed by atoms with Crippen LogP contribution in [-0.2, 0) is 4.79 Å². The molecule has 2 fully saturated rings. The Balaban J connectivity index is 1.96. The van der Waals surface area contributed by atoms with Gasteiger partial charge in [0.25, 0.3) is 0 Å². The number of hydrogen-bond donors (Lipinski definition) is 1. The fourth-order valence-electron chi connectivity index (χ4n) is 3.06. The maximum atomic E-state index is 12.2. The first kappa shape index (κ1) is 12.7. The number of urea groups is 1. The summed E-state index contributed by atoms with van der Waals surface area (Å²) in [5.74, 6) is 2.52. The van der Waals surface area contributed by atoms with Gasteiger partial charge in [-0.25, -0.2) is 4.79 Å². The molecule has 2 rings (SSSR count). The van der Waals surface area contributed by atoms with Crippen molar-refractivity contribution in [2.24, 2.45) is 11.8 Å². The zero-order valence-corrected chi connectivity index (χ0v) is 10.3. The lowest BCUT2D eigenvalue weighted by Crippen LogP contribution is -2.45. The van der Waals surface area contributed by atoms with E-state index in [0.717, 1.165) is 13.1 Å². The van der Waals surface area contributed by atoms with Crippen LogP contribution in [0, 0.1) is 24.2 Å². The molecule has 0 spiro atoms. The van der Waals surface area contributed by atoms with E-state index in [0.29, 0.717) is 11.8 Å². The average molecular weight is 250 g/mol. The van der Waals surface area contributed by atoms with Gasteiger partial charge in [0.15, 0.2) is 0 Å². The molecule has 1 aliphatic carbocycles. The molecule has 98 valence electrons. The fraction of sp³-hybridized carbons (Fsp3) is 0.692. The summed E-state index contributed by atoms with van der Waals surface area (Å²) in [4.78, 5) is 25.9. The lowest BCUT2D eigenvalue weighted by atomic mass is 10.0. The minimum atomic E-state index is -1.03. The molecule has 1 saturated carbocycles. The summed E-state index contributed by atoms with van der Waals surface area (Å²) in [5.41, 5.74) is 0. The van der Waals surface area contributed by atoms with Crippen molar-refractivity contribution in [3.05, 3.63) is 0 Å². The predicted octanol–water partition coefficient (Wildman–Crippen LogP) is 0.858. The van der Waals surface area contributed by atoms with Gasteiger partial charge in [0.05, 0.1) is 6.54 Å². The molecule has 2 aliphatic rings. The van der Waals surface area contributed by atoms with E-state index >= 15 is 0 Å². The van der Waals surface area contributed by atoms with Gasteiger partial charge >= 0.3 is 12.0 Å². The van der Waals surface area contributed by atoms with Crippen LogP contribution in [-0.4, -0.2) is 53.1 Å². The minimum Gasteiger partial charge on any atom is -0.480 e. The second-order valence-corrected chi connectivity index (χ2v) is 5.09. The maximum absolute atomic E-state index is 12.2. The molecule has 1 aliphatic heterocycles. The van der Waals surface area contributed by atoms with E-state index in [9.17, 15) is 9.59 Å². The van der Waals surface area contributed by atoms with Crippen molar-refractivity contribution in [1.82, 2.24) is 9.80 Å². The number of nitrogens with zero attached hydrogens (tertiary/aromatic N) is 2. The quantitative estimate of drug-likeness (QED) is 0.756. The standard InChI is InChI=1S/C13H18N2O3/c1-2-6-14(9-12(16)17)13(18)15-7-10-4-3-5-11(10)8-15/h1,10-11H,3-9H2,(H,16,17). The zero-order chi connectivity index (χ0) is 13.1. The number of amides is 2. The number of hydrogen-bond acceptors (Lipinski definition) is 2. The number of carboxylic acid groups (broad SMARTS) is 1. The molecule has 1 saturated heterocycles. The highest BCUT2D eigenvalue weighted by atomic mass is 16.4. The lowest BCUT2D eigenvalue weighted by Gasteiger charge is -2.25. The predicted molar refractivity (Wildman–Crippen MR) is 65.8 cm³/mol. The van der Waals surface area contributed by atoms with Crippen LogP contribution >= 0.6 is 0 Å². The van der Waals surface area contributed by atoms with Crippen molar-refractivity contribution < 1.29 is 14.7 Å². The summed E-state index contributed by atoms with van der Waals surface area (Å²) < 4.78 is 0. The van der Waals surface area contributed by atoms with Crippen LogP contribution in [0.25, 0.3) is 0 Å². The topological polar surface area (TPSA) is 60.9 Å². The summed E-state index contributed by atoms with van der Waals surface area (Å²) in [7, 11) is 0. The van der Waals surface area contributed by atoms with Gasteiger partial charge in [-0.1, -0.05) is 12.3 Å². The largest absolute Gasteiger partial charge is 0.480 e. The van der Waals surface area contributed by atoms with Gasteiger partial charge in [-0.2, -0.15) is 0 Å². The Kier molecular flexibility index (Phi) is 3.75. The van der Waals surface area contributed by atoms with E-state index < -0.39 is 5.97 Å². The first-order chi connectivity index (χ1) is 8.61. The Labute approximate surface area is 107 Å². The number of aliphatic carboxylic acids is 1. The number of fused-ring (bicyclic) bond motifs is 1. The number of rotatable bonds is 3. The number of likely N-dealkylation sites (tertiary alicyclic amines) is 1. The molecule has 1 N–H and O–H groups in total. The first-order valence-electron chi connectivity index (χ1n) is 6.31. The second-order valence-electron chi connectivity index (χ2n) is 5.09. The molecular formula is C13H18N2O3. The van der Waals surface area contributed by atoms with E-state index in [-0.39, 0.29) is 19.1 Å². The first-order valence-corrected chi connectivity index (χ1v) is 6.31. The van der Waals surface area contributed by atoms with Crippen LogP contribution in [0.3, 0.4) is 0 Å². The van der Waals surface area contributed by atoms with E-state index in [2.05, 4.69) is 5.92 Å². The Bertz CT molecular complexity index is 376. The zero-order valence-electron chi connectivity index (χ0n) is 10.3.